The molecule has 1 aliphatic rings. The number of amides is 1. The molecule has 1 aromatic heterocycles. The van der Waals surface area contributed by atoms with E-state index in [4.69, 9.17) is 4.74 Å². The van der Waals surface area contributed by atoms with Crippen molar-refractivity contribution in [1.29, 1.82) is 0 Å². The van der Waals surface area contributed by atoms with E-state index in [1.165, 1.54) is 30.0 Å². The van der Waals surface area contributed by atoms with E-state index in [-0.39, 0.29) is 40.5 Å². The molecule has 156 valence electrons. The van der Waals surface area contributed by atoms with Gasteiger partial charge in [-0.25, -0.2) is 0 Å². The molecule has 1 amide bonds. The molecule has 0 saturated heterocycles. The van der Waals surface area contributed by atoms with E-state index in [1.54, 1.807) is 0 Å². The highest BCUT2D eigenvalue weighted by molar-refractivity contribution is 9.10. The minimum atomic E-state index is -4.60. The van der Waals surface area contributed by atoms with Gasteiger partial charge in [0.05, 0.1) is 40.5 Å². The molecule has 0 unspecified atom stereocenters. The normalized spacial score (nSPS) is 14.0. The molecule has 0 spiro atoms. The first-order valence-electron chi connectivity index (χ1n) is 8.57. The van der Waals surface area contributed by atoms with Gasteiger partial charge in [0.25, 0.3) is 5.69 Å². The van der Waals surface area contributed by atoms with Crippen LogP contribution >= 0.6 is 15.9 Å². The molecule has 0 radical (unpaired) electrons. The molecule has 0 atom stereocenters. The zero-order chi connectivity index (χ0) is 21.3. The smallest absolute Gasteiger partial charge is 0.436 e. The van der Waals surface area contributed by atoms with E-state index in [1.807, 2.05) is 0 Å². The van der Waals surface area contributed by atoms with Crippen LogP contribution in [0, 0.1) is 10.1 Å². The van der Waals surface area contributed by atoms with Gasteiger partial charge < -0.3 is 10.1 Å². The van der Waals surface area contributed by atoms with Crippen molar-refractivity contribution >= 4 is 33.2 Å². The van der Waals surface area contributed by atoms with Crippen LogP contribution in [0.4, 0.5) is 24.5 Å². The van der Waals surface area contributed by atoms with Crippen molar-refractivity contribution in [2.75, 3.05) is 12.4 Å². The monoisotopic (exact) mass is 476 g/mol. The fourth-order valence-corrected chi connectivity index (χ4v) is 3.70. The van der Waals surface area contributed by atoms with Gasteiger partial charge in [0.2, 0.25) is 5.91 Å². The van der Waals surface area contributed by atoms with Gasteiger partial charge in [0.1, 0.15) is 5.75 Å². The fraction of sp³-hybridized carbons (Fsp3) is 0.412. The summed E-state index contributed by atoms with van der Waals surface area (Å²) in [6, 6.07) is 3.71. The molecule has 0 aliphatic heterocycles. The summed E-state index contributed by atoms with van der Waals surface area (Å²) in [6.45, 7) is -0.0400. The molecule has 1 saturated carbocycles. The maximum absolute atomic E-state index is 13.1. The average molecular weight is 477 g/mol. The quantitative estimate of drug-likeness (QED) is 0.468. The fourth-order valence-electron chi connectivity index (χ4n) is 2.87. The van der Waals surface area contributed by atoms with Crippen molar-refractivity contribution in [3.8, 4) is 5.75 Å². The Morgan fingerprint density at radius 1 is 1.45 bits per heavy atom. The third kappa shape index (κ3) is 4.69. The summed E-state index contributed by atoms with van der Waals surface area (Å²) >= 11 is 3.00. The molecule has 1 heterocycles. The Bertz CT molecular complexity index is 957. The van der Waals surface area contributed by atoms with E-state index < -0.39 is 22.7 Å². The number of benzene rings is 1. The predicted octanol–water partition coefficient (Wildman–Crippen LogP) is 4.49. The van der Waals surface area contributed by atoms with Gasteiger partial charge in [-0.3, -0.25) is 19.6 Å². The number of ether oxygens (including phenoxy) is 1. The molecule has 3 rings (SSSR count). The van der Waals surface area contributed by atoms with Gasteiger partial charge >= 0.3 is 6.18 Å². The topological polar surface area (TPSA) is 99.3 Å². The lowest BCUT2D eigenvalue weighted by Gasteiger charge is -2.11. The highest BCUT2D eigenvalue weighted by Gasteiger charge is 2.41. The number of hydrogen-bond acceptors (Lipinski definition) is 5. The number of aromatic nitrogens is 2. The van der Waals surface area contributed by atoms with Crippen LogP contribution in [-0.4, -0.2) is 27.7 Å². The number of nitrogens with one attached hydrogen (secondary N) is 1. The number of nitrogens with zero attached hydrogens (tertiary/aromatic N) is 3. The molecule has 1 fully saturated rings. The minimum absolute atomic E-state index is 0.00852. The summed E-state index contributed by atoms with van der Waals surface area (Å²) in [5.74, 6) is -0.391. The van der Waals surface area contributed by atoms with Crippen molar-refractivity contribution in [1.82, 2.24) is 9.78 Å². The molecule has 1 aromatic carbocycles. The van der Waals surface area contributed by atoms with E-state index in [9.17, 15) is 28.1 Å². The lowest BCUT2D eigenvalue weighted by Crippen LogP contribution is -2.17. The number of nitro benzene ring substituents is 1. The number of non-ortho nitro benzene ring substituents is 1. The van der Waals surface area contributed by atoms with Crippen LogP contribution in [0.2, 0.25) is 0 Å². The van der Waals surface area contributed by atoms with Gasteiger partial charge in [-0.05, 0) is 34.8 Å². The van der Waals surface area contributed by atoms with Gasteiger partial charge in [-0.1, -0.05) is 0 Å². The second-order valence-corrected chi connectivity index (χ2v) is 7.28. The largest absolute Gasteiger partial charge is 0.494 e. The van der Waals surface area contributed by atoms with E-state index in [2.05, 4.69) is 26.3 Å². The average Bonchev–Trinajstić information content (AvgIpc) is 3.42. The van der Waals surface area contributed by atoms with Crippen molar-refractivity contribution in [2.24, 2.45) is 0 Å². The van der Waals surface area contributed by atoms with E-state index in [0.29, 0.717) is 5.69 Å². The van der Waals surface area contributed by atoms with Crippen LogP contribution in [-0.2, 0) is 17.5 Å². The minimum Gasteiger partial charge on any atom is -0.494 e. The molecule has 0 bridgehead atoms. The summed E-state index contributed by atoms with van der Waals surface area (Å²) in [5.41, 5.74) is -0.534. The molecule has 29 heavy (non-hydrogen) atoms. The Labute approximate surface area is 171 Å². The molecule has 2 aromatic rings. The van der Waals surface area contributed by atoms with Gasteiger partial charge in [-0.15, -0.1) is 0 Å². The Kier molecular flexibility index (Phi) is 5.82. The number of aryl methyl sites for hydroxylation is 1. The van der Waals surface area contributed by atoms with Crippen LogP contribution in [0.15, 0.2) is 22.7 Å². The number of carbonyl (C=O) groups is 1. The third-order valence-corrected chi connectivity index (χ3v) is 5.17. The SMILES string of the molecule is COc1cc([N+](=O)[O-])ccc1NC(=O)CCn1nc(C(F)(F)F)c(Br)c1C1CC1. The third-order valence-electron chi connectivity index (χ3n) is 4.38. The number of rotatable bonds is 7. The molecular weight excluding hydrogens is 461 g/mol. The van der Waals surface area contributed by atoms with Crippen molar-refractivity contribution < 1.29 is 27.6 Å². The summed E-state index contributed by atoms with van der Waals surface area (Å²) in [4.78, 5) is 22.5. The first-order valence-corrected chi connectivity index (χ1v) is 9.36. The Morgan fingerprint density at radius 3 is 2.69 bits per heavy atom. The zero-order valence-electron chi connectivity index (χ0n) is 15.1. The summed E-state index contributed by atoms with van der Waals surface area (Å²) < 4.78 is 45.6. The first kappa shape index (κ1) is 21.1. The standard InChI is InChI=1S/C17H16BrF3N4O4/c1-29-12-8-10(25(27)28)4-5-11(12)22-13(26)6-7-24-15(9-2-3-9)14(18)16(23-24)17(19,20)21/h4-5,8-9H,2-3,6-7H2,1H3,(H,22,26). The lowest BCUT2D eigenvalue weighted by atomic mass is 10.2. The number of alkyl halides is 3. The second-order valence-electron chi connectivity index (χ2n) is 6.48. The van der Waals surface area contributed by atoms with Crippen LogP contribution in [0.3, 0.4) is 0 Å². The highest BCUT2D eigenvalue weighted by Crippen LogP contribution is 2.47. The number of halogens is 4. The van der Waals surface area contributed by atoms with E-state index in [0.717, 1.165) is 12.8 Å². The molecule has 1 N–H and O–H groups in total. The molecule has 1 aliphatic carbocycles. The first-order chi connectivity index (χ1) is 13.6. The Morgan fingerprint density at radius 2 is 2.14 bits per heavy atom. The molecular formula is C17H16BrF3N4O4. The van der Waals surface area contributed by atoms with E-state index >= 15 is 0 Å². The van der Waals surface area contributed by atoms with Crippen LogP contribution in [0.25, 0.3) is 0 Å². The Hall–Kier alpha value is -2.63. The van der Waals surface area contributed by atoms with Crippen LogP contribution in [0.1, 0.15) is 36.6 Å². The number of carbonyl (C=O) groups excluding carboxylic acids is 1. The maximum Gasteiger partial charge on any atom is 0.436 e. The van der Waals surface area contributed by atoms with Crippen LogP contribution < -0.4 is 10.1 Å². The molecule has 12 heteroatoms. The highest BCUT2D eigenvalue weighted by atomic mass is 79.9. The number of hydrogen-bond donors (Lipinski definition) is 1. The van der Waals surface area contributed by atoms with Crippen LogP contribution in [0.5, 0.6) is 5.75 Å². The number of anilines is 1. The lowest BCUT2D eigenvalue weighted by molar-refractivity contribution is -0.384. The predicted molar refractivity (Wildman–Crippen MR) is 99.8 cm³/mol. The summed E-state index contributed by atoms with van der Waals surface area (Å²) in [6.07, 6.45) is -3.19. The Balaban J connectivity index is 1.72. The zero-order valence-corrected chi connectivity index (χ0v) is 16.7. The summed E-state index contributed by atoms with van der Waals surface area (Å²) in [5, 5.41) is 17.0. The van der Waals surface area contributed by atoms with Crippen molar-refractivity contribution in [3.63, 3.8) is 0 Å². The summed E-state index contributed by atoms with van der Waals surface area (Å²) in [7, 11) is 1.30. The number of methoxy groups -OCH3 is 1. The van der Waals surface area contributed by atoms with Crippen molar-refractivity contribution in [2.45, 2.75) is 37.9 Å². The van der Waals surface area contributed by atoms with Gasteiger partial charge in [-0.2, -0.15) is 18.3 Å². The van der Waals surface area contributed by atoms with Crippen molar-refractivity contribution in [3.05, 3.63) is 44.2 Å². The molecule has 8 nitrogen and oxygen atoms in total. The number of nitro groups is 1. The van der Waals surface area contributed by atoms with Gasteiger partial charge in [0, 0.05) is 18.4 Å². The van der Waals surface area contributed by atoms with Gasteiger partial charge in [0.15, 0.2) is 5.69 Å². The maximum atomic E-state index is 13.1. The second kappa shape index (κ2) is 8.01.